The van der Waals surface area contributed by atoms with E-state index in [2.05, 4.69) is 45.6 Å². The zero-order chi connectivity index (χ0) is 17.2. The second kappa shape index (κ2) is 6.92. The van der Waals surface area contributed by atoms with Crippen LogP contribution in [0.25, 0.3) is 11.4 Å². The van der Waals surface area contributed by atoms with Gasteiger partial charge in [0.2, 0.25) is 0 Å². The quantitative estimate of drug-likeness (QED) is 0.592. The van der Waals surface area contributed by atoms with E-state index in [0.29, 0.717) is 11.8 Å². The van der Waals surface area contributed by atoms with Crippen molar-refractivity contribution in [1.82, 2.24) is 14.8 Å². The molecule has 2 aromatic heterocycles. The number of hydrogen-bond acceptors (Lipinski definition) is 4. The topological polar surface area (TPSA) is 43.9 Å². The van der Waals surface area contributed by atoms with E-state index in [-0.39, 0.29) is 0 Å². The summed E-state index contributed by atoms with van der Waals surface area (Å²) >= 11 is 1.81. The van der Waals surface area contributed by atoms with Crippen LogP contribution in [-0.2, 0) is 13.0 Å². The standard InChI is InChI=1S/C20H21N3OS/c1-3-12-23-19(16-11-13-24-14(16)2)21-22-20(23)25-18-10-6-8-15-7-4-5-9-17(15)18/h3-5,7,9,11,13,18H,1,6,8,10,12H2,2H3. The van der Waals surface area contributed by atoms with Gasteiger partial charge in [-0.15, -0.1) is 16.8 Å². The summed E-state index contributed by atoms with van der Waals surface area (Å²) < 4.78 is 7.58. The molecule has 0 saturated heterocycles. The Bertz CT molecular complexity index is 896. The fraction of sp³-hybridized carbons (Fsp3) is 0.300. The average Bonchev–Trinajstić information content (AvgIpc) is 3.22. The lowest BCUT2D eigenvalue weighted by molar-refractivity contribution is 0.534. The second-order valence-electron chi connectivity index (χ2n) is 6.29. The lowest BCUT2D eigenvalue weighted by atomic mass is 9.91. The SMILES string of the molecule is C=CCn1c(SC2CCCc3ccccc32)nnc1-c1ccoc1C. The monoisotopic (exact) mass is 351 g/mol. The molecule has 0 N–H and O–H groups in total. The Hall–Kier alpha value is -2.27. The Labute approximate surface area is 152 Å². The largest absolute Gasteiger partial charge is 0.469 e. The zero-order valence-corrected chi connectivity index (χ0v) is 15.1. The Morgan fingerprint density at radius 1 is 1.32 bits per heavy atom. The predicted octanol–water partition coefficient (Wildman–Crippen LogP) is 5.20. The summed E-state index contributed by atoms with van der Waals surface area (Å²) in [5.74, 6) is 1.70. The summed E-state index contributed by atoms with van der Waals surface area (Å²) in [5.41, 5.74) is 3.89. The summed E-state index contributed by atoms with van der Waals surface area (Å²) in [5, 5.41) is 10.3. The van der Waals surface area contributed by atoms with Gasteiger partial charge in [0.15, 0.2) is 11.0 Å². The highest BCUT2D eigenvalue weighted by Crippen LogP contribution is 2.43. The van der Waals surface area contributed by atoms with Crippen LogP contribution < -0.4 is 0 Å². The minimum absolute atomic E-state index is 0.427. The molecule has 3 aromatic rings. The van der Waals surface area contributed by atoms with Crippen molar-refractivity contribution >= 4 is 11.8 Å². The Morgan fingerprint density at radius 3 is 3.00 bits per heavy atom. The number of allylic oxidation sites excluding steroid dienone is 1. The molecule has 1 aliphatic rings. The van der Waals surface area contributed by atoms with Crippen LogP contribution >= 0.6 is 11.8 Å². The number of thioether (sulfide) groups is 1. The van der Waals surface area contributed by atoms with Crippen molar-refractivity contribution in [3.05, 3.63) is 66.1 Å². The number of rotatable bonds is 5. The molecular weight excluding hydrogens is 330 g/mol. The molecular formula is C20H21N3OS. The van der Waals surface area contributed by atoms with Crippen molar-refractivity contribution in [2.24, 2.45) is 0 Å². The summed E-state index contributed by atoms with van der Waals surface area (Å²) in [6.07, 6.45) is 7.15. The molecule has 0 fully saturated rings. The third-order valence-electron chi connectivity index (χ3n) is 4.69. The maximum absolute atomic E-state index is 5.44. The average molecular weight is 351 g/mol. The summed E-state index contributed by atoms with van der Waals surface area (Å²) in [7, 11) is 0. The number of hydrogen-bond donors (Lipinski definition) is 0. The minimum atomic E-state index is 0.427. The molecule has 1 atom stereocenters. The van der Waals surface area contributed by atoms with Crippen LogP contribution in [0.5, 0.6) is 0 Å². The summed E-state index contributed by atoms with van der Waals surface area (Å²) in [6.45, 7) is 6.53. The van der Waals surface area contributed by atoms with Crippen molar-refractivity contribution in [2.45, 2.75) is 43.1 Å². The van der Waals surface area contributed by atoms with Gasteiger partial charge in [0.25, 0.3) is 0 Å². The van der Waals surface area contributed by atoms with Crippen LogP contribution in [0.2, 0.25) is 0 Å². The first-order valence-electron chi connectivity index (χ1n) is 8.61. The molecule has 1 aromatic carbocycles. The zero-order valence-electron chi connectivity index (χ0n) is 14.3. The predicted molar refractivity (Wildman–Crippen MR) is 101 cm³/mol. The van der Waals surface area contributed by atoms with E-state index in [1.807, 2.05) is 30.8 Å². The third kappa shape index (κ3) is 3.04. The van der Waals surface area contributed by atoms with Crippen molar-refractivity contribution < 1.29 is 4.42 Å². The van der Waals surface area contributed by atoms with Crippen molar-refractivity contribution in [2.75, 3.05) is 0 Å². The summed E-state index contributed by atoms with van der Waals surface area (Å²) in [4.78, 5) is 0. The van der Waals surface area contributed by atoms with E-state index in [4.69, 9.17) is 4.42 Å². The maximum atomic E-state index is 5.44. The van der Waals surface area contributed by atoms with Crippen LogP contribution in [-0.4, -0.2) is 14.8 Å². The lowest BCUT2D eigenvalue weighted by Gasteiger charge is -2.24. The van der Waals surface area contributed by atoms with E-state index < -0.39 is 0 Å². The van der Waals surface area contributed by atoms with Gasteiger partial charge in [0.1, 0.15) is 5.76 Å². The lowest BCUT2D eigenvalue weighted by Crippen LogP contribution is -2.08. The molecule has 2 heterocycles. The van der Waals surface area contributed by atoms with Gasteiger partial charge in [-0.25, -0.2) is 0 Å². The molecule has 0 amide bonds. The highest BCUT2D eigenvalue weighted by atomic mass is 32.2. The molecule has 0 radical (unpaired) electrons. The van der Waals surface area contributed by atoms with Crippen molar-refractivity contribution in [1.29, 1.82) is 0 Å². The molecule has 0 spiro atoms. The summed E-state index contributed by atoms with van der Waals surface area (Å²) in [6, 6.07) is 10.7. The van der Waals surface area contributed by atoms with E-state index in [0.717, 1.165) is 22.3 Å². The van der Waals surface area contributed by atoms with Gasteiger partial charge in [0, 0.05) is 11.8 Å². The number of furan rings is 1. The smallest absolute Gasteiger partial charge is 0.192 e. The fourth-order valence-electron chi connectivity index (χ4n) is 3.44. The molecule has 0 aliphatic heterocycles. The molecule has 1 aliphatic carbocycles. The number of aryl methyl sites for hydroxylation is 2. The first kappa shape index (κ1) is 16.2. The minimum Gasteiger partial charge on any atom is -0.469 e. The highest BCUT2D eigenvalue weighted by molar-refractivity contribution is 7.99. The Morgan fingerprint density at radius 2 is 2.20 bits per heavy atom. The number of fused-ring (bicyclic) bond motifs is 1. The Balaban J connectivity index is 1.69. The molecule has 4 nitrogen and oxygen atoms in total. The first-order chi connectivity index (χ1) is 12.3. The van der Waals surface area contributed by atoms with Gasteiger partial charge < -0.3 is 4.42 Å². The first-order valence-corrected chi connectivity index (χ1v) is 9.49. The second-order valence-corrected chi connectivity index (χ2v) is 7.46. The van der Waals surface area contributed by atoms with Gasteiger partial charge in [0.05, 0.1) is 11.8 Å². The van der Waals surface area contributed by atoms with Crippen LogP contribution in [0.4, 0.5) is 0 Å². The molecule has 5 heteroatoms. The van der Waals surface area contributed by atoms with Crippen LogP contribution in [0.3, 0.4) is 0 Å². The molecule has 4 rings (SSSR count). The van der Waals surface area contributed by atoms with Crippen LogP contribution in [0, 0.1) is 6.92 Å². The van der Waals surface area contributed by atoms with E-state index >= 15 is 0 Å². The van der Waals surface area contributed by atoms with Crippen molar-refractivity contribution in [3.63, 3.8) is 0 Å². The van der Waals surface area contributed by atoms with Crippen molar-refractivity contribution in [3.8, 4) is 11.4 Å². The van der Waals surface area contributed by atoms with Gasteiger partial charge in [-0.2, -0.15) is 0 Å². The highest BCUT2D eigenvalue weighted by Gasteiger charge is 2.24. The molecule has 0 bridgehead atoms. The van der Waals surface area contributed by atoms with Gasteiger partial charge >= 0.3 is 0 Å². The van der Waals surface area contributed by atoms with E-state index in [1.54, 1.807) is 6.26 Å². The number of benzene rings is 1. The fourth-order valence-corrected chi connectivity index (χ4v) is 4.72. The molecule has 1 unspecified atom stereocenters. The number of nitrogens with zero attached hydrogens (tertiary/aromatic N) is 3. The van der Waals surface area contributed by atoms with Gasteiger partial charge in [-0.05, 0) is 43.4 Å². The number of aromatic nitrogens is 3. The Kier molecular flexibility index (Phi) is 4.49. The van der Waals surface area contributed by atoms with E-state index in [9.17, 15) is 0 Å². The van der Waals surface area contributed by atoms with E-state index in [1.165, 1.54) is 30.4 Å². The maximum Gasteiger partial charge on any atom is 0.192 e. The van der Waals surface area contributed by atoms with Gasteiger partial charge in [-0.3, -0.25) is 4.57 Å². The van der Waals surface area contributed by atoms with Crippen LogP contribution in [0.1, 0.15) is 35.0 Å². The molecule has 0 saturated carbocycles. The van der Waals surface area contributed by atoms with Crippen LogP contribution in [0.15, 0.2) is 58.8 Å². The molecule has 25 heavy (non-hydrogen) atoms. The normalized spacial score (nSPS) is 16.6. The molecule has 128 valence electrons. The third-order valence-corrected chi connectivity index (χ3v) is 5.98. The van der Waals surface area contributed by atoms with Gasteiger partial charge in [-0.1, -0.05) is 42.1 Å².